The number of rotatable bonds is 5. The van der Waals surface area contributed by atoms with Crippen molar-refractivity contribution in [1.82, 2.24) is 16.0 Å². The minimum absolute atomic E-state index is 0.0398. The molecule has 3 amide bonds. The average molecular weight is 304 g/mol. The van der Waals surface area contributed by atoms with Gasteiger partial charge >= 0.3 is 6.03 Å². The molecule has 6 nitrogen and oxygen atoms in total. The highest BCUT2D eigenvalue weighted by molar-refractivity contribution is 5.95. The zero-order chi connectivity index (χ0) is 15.9. The topological polar surface area (TPSA) is 73.5 Å². The first-order valence-corrected chi connectivity index (χ1v) is 7.70. The summed E-state index contributed by atoms with van der Waals surface area (Å²) in [7, 11) is 1.47. The Hall–Kier alpha value is -2.08. The van der Waals surface area contributed by atoms with E-state index in [-0.39, 0.29) is 18.5 Å². The number of anilines is 1. The van der Waals surface area contributed by atoms with Crippen molar-refractivity contribution >= 4 is 17.6 Å². The average Bonchev–Trinajstić information content (AvgIpc) is 3.07. The molecular formula is C16H24N4O2. The molecule has 1 aliphatic heterocycles. The van der Waals surface area contributed by atoms with Crippen LogP contribution in [0.25, 0.3) is 0 Å². The lowest BCUT2D eigenvalue weighted by Gasteiger charge is -2.20. The number of carbonyl (C=O) groups excluding carboxylic acids is 2. The van der Waals surface area contributed by atoms with Gasteiger partial charge in [0.1, 0.15) is 0 Å². The molecule has 0 saturated carbocycles. The van der Waals surface area contributed by atoms with Gasteiger partial charge in [0, 0.05) is 31.9 Å². The number of nitrogens with zero attached hydrogens (tertiary/aromatic N) is 1. The molecule has 1 saturated heterocycles. The van der Waals surface area contributed by atoms with Gasteiger partial charge in [-0.1, -0.05) is 12.1 Å². The summed E-state index contributed by atoms with van der Waals surface area (Å²) in [5.41, 5.74) is 2.37. The summed E-state index contributed by atoms with van der Waals surface area (Å²) in [4.78, 5) is 25.0. The third kappa shape index (κ3) is 4.46. The van der Waals surface area contributed by atoms with Crippen LogP contribution < -0.4 is 20.9 Å². The van der Waals surface area contributed by atoms with Gasteiger partial charge in [-0.25, -0.2) is 4.79 Å². The summed E-state index contributed by atoms with van der Waals surface area (Å²) in [5, 5.41) is 7.72. The Balaban J connectivity index is 1.89. The van der Waals surface area contributed by atoms with Crippen molar-refractivity contribution in [3.05, 3.63) is 29.8 Å². The Kier molecular flexibility index (Phi) is 5.77. The number of benzene rings is 1. The maximum atomic E-state index is 11.6. The highest BCUT2D eigenvalue weighted by atomic mass is 16.2. The van der Waals surface area contributed by atoms with E-state index >= 15 is 0 Å². The van der Waals surface area contributed by atoms with Gasteiger partial charge in [-0.2, -0.15) is 0 Å². The molecule has 0 spiro atoms. The first kappa shape index (κ1) is 16.3. The highest BCUT2D eigenvalue weighted by Gasteiger charge is 2.14. The van der Waals surface area contributed by atoms with Crippen molar-refractivity contribution in [2.24, 2.45) is 0 Å². The predicted molar refractivity (Wildman–Crippen MR) is 86.9 cm³/mol. The standard InChI is InChI=1S/C16H24N4O2/c1-12(18-11-15(21)19-16(22)17-2)13-6-5-7-14(10-13)20-8-3-4-9-20/h5-7,10,12,18H,3-4,8-9,11H2,1-2H3,(H2,17,19,21,22)/t12-/m1/s1. The molecule has 1 aliphatic rings. The number of amides is 3. The van der Waals surface area contributed by atoms with Crippen LogP contribution in [0, 0.1) is 0 Å². The van der Waals surface area contributed by atoms with E-state index in [1.54, 1.807) is 0 Å². The van der Waals surface area contributed by atoms with Gasteiger partial charge in [-0.3, -0.25) is 10.1 Å². The number of nitrogens with one attached hydrogen (secondary N) is 3. The molecule has 1 fully saturated rings. The van der Waals surface area contributed by atoms with Crippen LogP contribution in [0.2, 0.25) is 0 Å². The van der Waals surface area contributed by atoms with E-state index in [9.17, 15) is 9.59 Å². The molecule has 0 radical (unpaired) electrons. The van der Waals surface area contributed by atoms with E-state index in [0.29, 0.717) is 0 Å². The van der Waals surface area contributed by atoms with Gasteiger partial charge in [0.15, 0.2) is 0 Å². The second kappa shape index (κ2) is 7.79. The number of imide groups is 1. The molecule has 0 unspecified atom stereocenters. The van der Waals surface area contributed by atoms with Crippen molar-refractivity contribution in [2.45, 2.75) is 25.8 Å². The fourth-order valence-corrected chi connectivity index (χ4v) is 2.56. The van der Waals surface area contributed by atoms with Crippen LogP contribution in [-0.2, 0) is 4.79 Å². The minimum Gasteiger partial charge on any atom is -0.372 e. The van der Waals surface area contributed by atoms with Crippen LogP contribution in [-0.4, -0.2) is 38.6 Å². The minimum atomic E-state index is -0.490. The molecule has 1 heterocycles. The first-order valence-electron chi connectivity index (χ1n) is 7.70. The molecule has 3 N–H and O–H groups in total. The fourth-order valence-electron chi connectivity index (χ4n) is 2.56. The van der Waals surface area contributed by atoms with E-state index in [0.717, 1.165) is 18.7 Å². The van der Waals surface area contributed by atoms with Crippen molar-refractivity contribution in [3.8, 4) is 0 Å². The van der Waals surface area contributed by atoms with Gasteiger partial charge in [-0.15, -0.1) is 0 Å². The fraction of sp³-hybridized carbons (Fsp3) is 0.500. The summed E-state index contributed by atoms with van der Waals surface area (Å²) in [6.07, 6.45) is 2.50. The Morgan fingerprint density at radius 2 is 2.00 bits per heavy atom. The molecule has 0 aromatic heterocycles. The predicted octanol–water partition coefficient (Wildman–Crippen LogP) is 1.39. The largest absolute Gasteiger partial charge is 0.372 e. The molecule has 22 heavy (non-hydrogen) atoms. The summed E-state index contributed by atoms with van der Waals surface area (Å²) < 4.78 is 0. The zero-order valence-electron chi connectivity index (χ0n) is 13.2. The van der Waals surface area contributed by atoms with E-state index in [2.05, 4.69) is 33.0 Å². The normalized spacial score (nSPS) is 15.5. The van der Waals surface area contributed by atoms with Crippen LogP contribution in [0.1, 0.15) is 31.4 Å². The van der Waals surface area contributed by atoms with E-state index < -0.39 is 6.03 Å². The van der Waals surface area contributed by atoms with Gasteiger partial charge in [0.2, 0.25) is 5.91 Å². The molecule has 120 valence electrons. The maximum Gasteiger partial charge on any atom is 0.321 e. The second-order valence-corrected chi connectivity index (χ2v) is 5.52. The molecule has 0 aliphatic carbocycles. The number of hydrogen-bond acceptors (Lipinski definition) is 4. The van der Waals surface area contributed by atoms with Gasteiger partial charge in [0.25, 0.3) is 0 Å². The highest BCUT2D eigenvalue weighted by Crippen LogP contribution is 2.23. The monoisotopic (exact) mass is 304 g/mol. The molecular weight excluding hydrogens is 280 g/mol. The molecule has 1 aromatic carbocycles. The Morgan fingerprint density at radius 3 is 2.68 bits per heavy atom. The Morgan fingerprint density at radius 1 is 1.27 bits per heavy atom. The smallest absolute Gasteiger partial charge is 0.321 e. The van der Waals surface area contributed by atoms with Crippen molar-refractivity contribution < 1.29 is 9.59 Å². The lowest BCUT2D eigenvalue weighted by Crippen LogP contribution is -2.42. The Labute approximate surface area is 131 Å². The van der Waals surface area contributed by atoms with Crippen LogP contribution in [0.5, 0.6) is 0 Å². The zero-order valence-corrected chi connectivity index (χ0v) is 13.2. The third-order valence-corrected chi connectivity index (χ3v) is 3.89. The van der Waals surface area contributed by atoms with Crippen molar-refractivity contribution in [2.75, 3.05) is 31.6 Å². The van der Waals surface area contributed by atoms with Crippen molar-refractivity contribution in [1.29, 1.82) is 0 Å². The summed E-state index contributed by atoms with van der Waals surface area (Å²) in [6.45, 7) is 4.33. The van der Waals surface area contributed by atoms with Crippen LogP contribution in [0.3, 0.4) is 0 Å². The number of urea groups is 1. The number of hydrogen-bond donors (Lipinski definition) is 3. The van der Waals surface area contributed by atoms with Crippen LogP contribution >= 0.6 is 0 Å². The van der Waals surface area contributed by atoms with Crippen LogP contribution in [0.15, 0.2) is 24.3 Å². The molecule has 6 heteroatoms. The Bertz CT molecular complexity index is 527. The second-order valence-electron chi connectivity index (χ2n) is 5.52. The number of carbonyl (C=O) groups is 2. The lowest BCUT2D eigenvalue weighted by molar-refractivity contribution is -0.119. The van der Waals surface area contributed by atoms with E-state index in [4.69, 9.17) is 0 Å². The van der Waals surface area contributed by atoms with E-state index in [1.165, 1.54) is 25.6 Å². The maximum absolute atomic E-state index is 11.6. The summed E-state index contributed by atoms with van der Waals surface area (Å²) in [5.74, 6) is -0.345. The molecule has 2 rings (SSSR count). The van der Waals surface area contributed by atoms with Gasteiger partial charge < -0.3 is 15.5 Å². The van der Waals surface area contributed by atoms with Crippen molar-refractivity contribution in [3.63, 3.8) is 0 Å². The molecule has 1 atom stereocenters. The summed E-state index contributed by atoms with van der Waals surface area (Å²) >= 11 is 0. The van der Waals surface area contributed by atoms with E-state index in [1.807, 2.05) is 19.1 Å². The lowest BCUT2D eigenvalue weighted by atomic mass is 10.1. The molecule has 0 bridgehead atoms. The summed E-state index contributed by atoms with van der Waals surface area (Å²) in [6, 6.07) is 7.94. The van der Waals surface area contributed by atoms with Crippen LogP contribution in [0.4, 0.5) is 10.5 Å². The SMILES string of the molecule is CNC(=O)NC(=O)CN[C@H](C)c1cccc(N2CCCC2)c1. The van der Waals surface area contributed by atoms with Gasteiger partial charge in [0.05, 0.1) is 6.54 Å². The third-order valence-electron chi connectivity index (χ3n) is 3.89. The first-order chi connectivity index (χ1) is 10.6. The quantitative estimate of drug-likeness (QED) is 0.768. The molecule has 1 aromatic rings. The van der Waals surface area contributed by atoms with Gasteiger partial charge in [-0.05, 0) is 37.5 Å².